The van der Waals surface area contributed by atoms with Gasteiger partial charge in [0, 0.05) is 10.5 Å². The van der Waals surface area contributed by atoms with E-state index in [2.05, 4.69) is 40.4 Å². The summed E-state index contributed by atoms with van der Waals surface area (Å²) in [6, 6.07) is 4.19. The van der Waals surface area contributed by atoms with E-state index in [4.69, 9.17) is 5.11 Å². The van der Waals surface area contributed by atoms with Gasteiger partial charge in [-0.05, 0) is 53.4 Å². The molecule has 0 heterocycles. The number of carbonyl (C=O) groups is 2. The highest BCUT2D eigenvalue weighted by Crippen LogP contribution is 2.23. The van der Waals surface area contributed by atoms with E-state index >= 15 is 0 Å². The Labute approximate surface area is 126 Å². The van der Waals surface area contributed by atoms with E-state index in [1.807, 2.05) is 6.92 Å². The van der Waals surface area contributed by atoms with Crippen LogP contribution in [0, 0.1) is 5.92 Å². The van der Waals surface area contributed by atoms with Gasteiger partial charge in [-0.15, -0.1) is 0 Å². The Kier molecular flexibility index (Phi) is 6.01. The normalized spacial score (nSPS) is 12.1. The summed E-state index contributed by atoms with van der Waals surface area (Å²) in [4.78, 5) is 22.8. The van der Waals surface area contributed by atoms with Crippen LogP contribution in [0.5, 0.6) is 0 Å². The van der Waals surface area contributed by atoms with E-state index in [0.29, 0.717) is 16.1 Å². The molecule has 0 aliphatic rings. The minimum absolute atomic E-state index is 0.0523. The lowest BCUT2D eigenvalue weighted by Gasteiger charge is -2.17. The zero-order chi connectivity index (χ0) is 15.3. The van der Waals surface area contributed by atoms with Crippen LogP contribution in [0.15, 0.2) is 22.7 Å². The van der Waals surface area contributed by atoms with Gasteiger partial charge in [-0.2, -0.15) is 0 Å². The summed E-state index contributed by atoms with van der Waals surface area (Å²) < 4.78 is 0.633. The van der Waals surface area contributed by atoms with Crippen molar-refractivity contribution in [3.63, 3.8) is 0 Å². The third kappa shape index (κ3) is 5.21. The van der Waals surface area contributed by atoms with Gasteiger partial charge < -0.3 is 15.7 Å². The van der Waals surface area contributed by atoms with Crippen molar-refractivity contribution in [2.24, 2.45) is 5.92 Å². The first-order chi connectivity index (χ1) is 9.29. The van der Waals surface area contributed by atoms with E-state index in [9.17, 15) is 9.59 Å². The van der Waals surface area contributed by atoms with Gasteiger partial charge in [-0.25, -0.2) is 9.59 Å². The maximum absolute atomic E-state index is 11.8. The molecule has 0 aromatic heterocycles. The molecule has 0 bridgehead atoms. The summed E-state index contributed by atoms with van der Waals surface area (Å²) in [6.45, 7) is 6.11. The summed E-state index contributed by atoms with van der Waals surface area (Å²) in [6.07, 6.45) is 0.879. The standard InChI is InChI=1S/C14H19BrN2O3/c1-8(2)6-9(3)16-14(20)17-12-7-10(13(18)19)4-5-11(12)15/h4-5,7-9H,6H2,1-3H3,(H,18,19)(H2,16,17,20). The van der Waals surface area contributed by atoms with Crippen LogP contribution >= 0.6 is 15.9 Å². The number of nitrogens with one attached hydrogen (secondary N) is 2. The molecule has 1 aromatic rings. The molecule has 6 heteroatoms. The topological polar surface area (TPSA) is 78.4 Å². The van der Waals surface area contributed by atoms with E-state index in [1.165, 1.54) is 12.1 Å². The number of hydrogen-bond donors (Lipinski definition) is 3. The molecule has 5 nitrogen and oxygen atoms in total. The highest BCUT2D eigenvalue weighted by atomic mass is 79.9. The zero-order valence-electron chi connectivity index (χ0n) is 11.7. The Bertz CT molecular complexity index is 503. The van der Waals surface area contributed by atoms with E-state index in [-0.39, 0.29) is 17.6 Å². The van der Waals surface area contributed by atoms with Crippen molar-refractivity contribution >= 4 is 33.6 Å². The fourth-order valence-electron chi connectivity index (χ4n) is 1.90. The molecule has 0 saturated carbocycles. The average molecular weight is 343 g/mol. The maximum atomic E-state index is 11.8. The van der Waals surface area contributed by atoms with Crippen molar-refractivity contribution in [2.45, 2.75) is 33.2 Å². The summed E-state index contributed by atoms with van der Waals surface area (Å²) in [5, 5.41) is 14.4. The number of hydrogen-bond acceptors (Lipinski definition) is 2. The zero-order valence-corrected chi connectivity index (χ0v) is 13.3. The fourth-order valence-corrected chi connectivity index (χ4v) is 2.25. The summed E-state index contributed by atoms with van der Waals surface area (Å²) in [7, 11) is 0. The van der Waals surface area contributed by atoms with Crippen LogP contribution in [0.4, 0.5) is 10.5 Å². The van der Waals surface area contributed by atoms with Crippen molar-refractivity contribution in [1.29, 1.82) is 0 Å². The second kappa shape index (κ2) is 7.28. The quantitative estimate of drug-likeness (QED) is 0.763. The molecule has 0 spiro atoms. The van der Waals surface area contributed by atoms with Gasteiger partial charge in [0.15, 0.2) is 0 Å². The average Bonchev–Trinajstić information content (AvgIpc) is 2.30. The highest BCUT2D eigenvalue weighted by Gasteiger charge is 2.12. The summed E-state index contributed by atoms with van der Waals surface area (Å²) in [5.41, 5.74) is 0.554. The number of anilines is 1. The van der Waals surface area contributed by atoms with Crippen molar-refractivity contribution in [3.05, 3.63) is 28.2 Å². The minimum atomic E-state index is -1.03. The molecular weight excluding hydrogens is 324 g/mol. The van der Waals surface area contributed by atoms with Gasteiger partial charge in [-0.3, -0.25) is 0 Å². The van der Waals surface area contributed by atoms with Crippen molar-refractivity contribution in [3.8, 4) is 0 Å². The smallest absolute Gasteiger partial charge is 0.335 e. The molecule has 0 radical (unpaired) electrons. The molecule has 2 amide bonds. The predicted molar refractivity (Wildman–Crippen MR) is 82.2 cm³/mol. The number of aromatic carboxylic acids is 1. The Morgan fingerprint density at radius 1 is 1.30 bits per heavy atom. The van der Waals surface area contributed by atoms with Crippen LogP contribution in [-0.4, -0.2) is 23.1 Å². The third-order valence-corrected chi connectivity index (χ3v) is 3.36. The van der Waals surface area contributed by atoms with Crippen LogP contribution in [-0.2, 0) is 0 Å². The molecule has 0 saturated heterocycles. The molecular formula is C14H19BrN2O3. The monoisotopic (exact) mass is 342 g/mol. The molecule has 0 aliphatic carbocycles. The molecule has 3 N–H and O–H groups in total. The molecule has 0 fully saturated rings. The van der Waals surface area contributed by atoms with Crippen LogP contribution in [0.2, 0.25) is 0 Å². The molecule has 20 heavy (non-hydrogen) atoms. The molecule has 110 valence electrons. The van der Waals surface area contributed by atoms with Crippen LogP contribution in [0.25, 0.3) is 0 Å². The van der Waals surface area contributed by atoms with E-state index in [0.717, 1.165) is 6.42 Å². The van der Waals surface area contributed by atoms with Gasteiger partial charge in [-0.1, -0.05) is 13.8 Å². The Morgan fingerprint density at radius 3 is 2.50 bits per heavy atom. The summed E-state index contributed by atoms with van der Waals surface area (Å²) >= 11 is 3.28. The van der Waals surface area contributed by atoms with Crippen LogP contribution in [0.1, 0.15) is 37.6 Å². The number of carboxylic acids is 1. The van der Waals surface area contributed by atoms with Gasteiger partial charge in [0.25, 0.3) is 0 Å². The first kappa shape index (κ1) is 16.5. The van der Waals surface area contributed by atoms with Gasteiger partial charge in [0.1, 0.15) is 0 Å². The molecule has 0 aliphatic heterocycles. The van der Waals surface area contributed by atoms with Crippen LogP contribution < -0.4 is 10.6 Å². The van der Waals surface area contributed by atoms with Gasteiger partial charge in [0.2, 0.25) is 0 Å². The van der Waals surface area contributed by atoms with Crippen molar-refractivity contribution in [2.75, 3.05) is 5.32 Å². The number of urea groups is 1. The highest BCUT2D eigenvalue weighted by molar-refractivity contribution is 9.10. The minimum Gasteiger partial charge on any atom is -0.478 e. The number of benzene rings is 1. The molecule has 1 atom stereocenters. The largest absolute Gasteiger partial charge is 0.478 e. The van der Waals surface area contributed by atoms with Crippen molar-refractivity contribution < 1.29 is 14.7 Å². The lowest BCUT2D eigenvalue weighted by Crippen LogP contribution is -2.36. The number of halogens is 1. The summed E-state index contributed by atoms with van der Waals surface area (Å²) in [5.74, 6) is -0.540. The number of amides is 2. The second-order valence-corrected chi connectivity index (χ2v) is 5.98. The van der Waals surface area contributed by atoms with Crippen LogP contribution in [0.3, 0.4) is 0 Å². The van der Waals surface area contributed by atoms with Crippen molar-refractivity contribution in [1.82, 2.24) is 5.32 Å². The first-order valence-electron chi connectivity index (χ1n) is 6.40. The molecule has 1 rings (SSSR count). The van der Waals surface area contributed by atoms with E-state index in [1.54, 1.807) is 6.07 Å². The lowest BCUT2D eigenvalue weighted by molar-refractivity contribution is 0.0697. The predicted octanol–water partition coefficient (Wildman–Crippen LogP) is 3.70. The number of carboxylic acid groups (broad SMARTS) is 1. The first-order valence-corrected chi connectivity index (χ1v) is 7.19. The Morgan fingerprint density at radius 2 is 1.95 bits per heavy atom. The van der Waals surface area contributed by atoms with Gasteiger partial charge in [0.05, 0.1) is 11.3 Å². The van der Waals surface area contributed by atoms with E-state index < -0.39 is 5.97 Å². The molecule has 1 aromatic carbocycles. The lowest BCUT2D eigenvalue weighted by atomic mass is 10.1. The molecule has 1 unspecified atom stereocenters. The van der Waals surface area contributed by atoms with Gasteiger partial charge >= 0.3 is 12.0 Å². The SMILES string of the molecule is CC(C)CC(C)NC(=O)Nc1cc(C(=O)O)ccc1Br. The Balaban J connectivity index is 2.70. The second-order valence-electron chi connectivity index (χ2n) is 5.13. The fraction of sp³-hybridized carbons (Fsp3) is 0.429. The number of carbonyl (C=O) groups excluding carboxylic acids is 1. The Hall–Kier alpha value is -1.56. The number of rotatable bonds is 5. The third-order valence-electron chi connectivity index (χ3n) is 2.66. The maximum Gasteiger partial charge on any atom is 0.335 e.